The molecule has 3 aliphatic rings. The average Bonchev–Trinajstić information content (AvgIpc) is 3.27. The largest absolute Gasteiger partial charge is 0.366 e. The van der Waals surface area contributed by atoms with Gasteiger partial charge in [0.1, 0.15) is 5.82 Å². The second-order valence-corrected chi connectivity index (χ2v) is 9.28. The first kappa shape index (κ1) is 19.0. The topological polar surface area (TPSA) is 73.8 Å². The van der Waals surface area contributed by atoms with Gasteiger partial charge < -0.3 is 5.32 Å². The smallest absolute Gasteiger partial charge is 0.185 e. The van der Waals surface area contributed by atoms with Gasteiger partial charge in [0.05, 0.1) is 12.3 Å². The Balaban J connectivity index is 1.87. The van der Waals surface area contributed by atoms with E-state index in [0.717, 1.165) is 12.8 Å². The maximum Gasteiger partial charge on any atom is 0.185 e. The lowest BCUT2D eigenvalue weighted by molar-refractivity contribution is 0.356. The number of nitrogens with one attached hydrogen (secondary N) is 2. The number of hydrazine groups is 1. The molecule has 1 aliphatic carbocycles. The first-order chi connectivity index (χ1) is 12.6. The quantitative estimate of drug-likeness (QED) is 0.477. The Morgan fingerprint density at radius 3 is 2.85 bits per heavy atom. The Bertz CT molecular complexity index is 731. The van der Waals surface area contributed by atoms with Gasteiger partial charge in [-0.3, -0.25) is 10.4 Å². The van der Waals surface area contributed by atoms with Gasteiger partial charge in [0, 0.05) is 12.7 Å². The maximum absolute atomic E-state index is 13.0. The summed E-state index contributed by atoms with van der Waals surface area (Å²) >= 11 is 0. The van der Waals surface area contributed by atoms with Crippen LogP contribution < -0.4 is 10.7 Å². The van der Waals surface area contributed by atoms with Gasteiger partial charge in [-0.15, -0.1) is 6.58 Å². The van der Waals surface area contributed by atoms with Crippen LogP contribution in [-0.4, -0.2) is 38.1 Å². The number of hydrogen-bond acceptors (Lipinski definition) is 6. The minimum absolute atomic E-state index is 0.156. The Labute approximate surface area is 157 Å². The molecule has 0 aromatic rings. The van der Waals surface area contributed by atoms with Crippen molar-refractivity contribution in [3.8, 4) is 0 Å². The number of nitrogens with zero attached hydrogens (tertiary/aromatic N) is 2. The van der Waals surface area contributed by atoms with Crippen molar-refractivity contribution in [2.24, 2.45) is 10.9 Å². The fourth-order valence-corrected chi connectivity index (χ4v) is 5.51. The van der Waals surface area contributed by atoms with Crippen LogP contribution in [0.3, 0.4) is 0 Å². The van der Waals surface area contributed by atoms with Crippen LogP contribution in [0.25, 0.3) is 0 Å². The minimum Gasteiger partial charge on any atom is -0.366 e. The van der Waals surface area contributed by atoms with Crippen LogP contribution in [0.2, 0.25) is 0 Å². The lowest BCUT2D eigenvalue weighted by Crippen LogP contribution is -2.42. The molecule has 2 aliphatic heterocycles. The molecular weight excluding hydrogens is 348 g/mol. The molecule has 144 valence electrons. The summed E-state index contributed by atoms with van der Waals surface area (Å²) in [6.45, 7) is 6.97. The molecule has 2 heterocycles. The van der Waals surface area contributed by atoms with E-state index in [0.29, 0.717) is 42.0 Å². The number of hydrogen-bond donors (Lipinski definition) is 2. The van der Waals surface area contributed by atoms with Gasteiger partial charge in [0.15, 0.2) is 20.6 Å². The molecule has 1 saturated carbocycles. The summed E-state index contributed by atoms with van der Waals surface area (Å²) in [6.07, 6.45) is 11.2. The number of fused-ring (bicyclic) bond motifs is 1. The standard InChI is InChI=1S/C19H30N4O2S/c1-3-5-8-12-26(24,25)17-18(20-11-4-2)22-23-14-16(13-21-19(17)23)15-9-6-7-10-15/h4,13,15,20,22H,2-3,5-12,14H2,1H3. The molecule has 0 amide bonds. The van der Waals surface area contributed by atoms with E-state index in [2.05, 4.69) is 29.2 Å². The molecule has 26 heavy (non-hydrogen) atoms. The number of aliphatic imine (C=N–C) groups is 1. The van der Waals surface area contributed by atoms with E-state index < -0.39 is 9.84 Å². The van der Waals surface area contributed by atoms with E-state index in [9.17, 15) is 8.42 Å². The summed E-state index contributed by atoms with van der Waals surface area (Å²) in [5.74, 6) is 1.79. The third kappa shape index (κ3) is 3.98. The molecule has 7 heteroatoms. The lowest BCUT2D eigenvalue weighted by atomic mass is 9.97. The van der Waals surface area contributed by atoms with E-state index in [1.165, 1.54) is 31.3 Å². The fourth-order valence-electron chi connectivity index (χ4n) is 3.85. The van der Waals surface area contributed by atoms with E-state index in [4.69, 9.17) is 0 Å². The zero-order valence-corrected chi connectivity index (χ0v) is 16.4. The molecule has 0 unspecified atom stereocenters. The summed E-state index contributed by atoms with van der Waals surface area (Å²) in [5.41, 5.74) is 4.53. The highest BCUT2D eigenvalue weighted by molar-refractivity contribution is 7.96. The molecule has 0 radical (unpaired) electrons. The van der Waals surface area contributed by atoms with Crippen molar-refractivity contribution < 1.29 is 8.42 Å². The molecule has 0 atom stereocenters. The zero-order valence-electron chi connectivity index (χ0n) is 15.6. The summed E-state index contributed by atoms with van der Waals surface area (Å²) < 4.78 is 26.0. The highest BCUT2D eigenvalue weighted by Crippen LogP contribution is 2.34. The number of sulfone groups is 1. The van der Waals surface area contributed by atoms with Crippen LogP contribution in [0.5, 0.6) is 0 Å². The van der Waals surface area contributed by atoms with Gasteiger partial charge in [-0.05, 0) is 30.8 Å². The Morgan fingerprint density at radius 2 is 2.15 bits per heavy atom. The van der Waals surface area contributed by atoms with Crippen LogP contribution >= 0.6 is 0 Å². The zero-order chi connectivity index (χ0) is 18.6. The van der Waals surface area contributed by atoms with Crippen LogP contribution in [0, 0.1) is 5.92 Å². The second-order valence-electron chi connectivity index (χ2n) is 7.24. The summed E-state index contributed by atoms with van der Waals surface area (Å²) in [4.78, 5) is 4.87. The van der Waals surface area contributed by atoms with Gasteiger partial charge in [-0.25, -0.2) is 13.4 Å². The molecule has 0 aromatic heterocycles. The van der Waals surface area contributed by atoms with Crippen molar-refractivity contribution in [2.45, 2.75) is 51.9 Å². The predicted octanol–water partition coefficient (Wildman–Crippen LogP) is 2.84. The van der Waals surface area contributed by atoms with E-state index in [1.54, 1.807) is 6.08 Å². The van der Waals surface area contributed by atoms with Crippen LogP contribution in [0.1, 0.15) is 51.9 Å². The van der Waals surface area contributed by atoms with Crippen molar-refractivity contribution in [3.63, 3.8) is 0 Å². The highest BCUT2D eigenvalue weighted by Gasteiger charge is 2.39. The van der Waals surface area contributed by atoms with Crippen LogP contribution in [-0.2, 0) is 9.84 Å². The van der Waals surface area contributed by atoms with E-state index in [-0.39, 0.29) is 5.75 Å². The number of amidine groups is 1. The summed E-state index contributed by atoms with van der Waals surface area (Å²) in [7, 11) is -3.40. The molecule has 1 fully saturated rings. The van der Waals surface area contributed by atoms with Crippen molar-refractivity contribution >= 4 is 15.7 Å². The van der Waals surface area contributed by atoms with Gasteiger partial charge in [-0.2, -0.15) is 0 Å². The molecule has 6 nitrogen and oxygen atoms in total. The molecule has 0 saturated heterocycles. The molecular formula is C19H30N4O2S. The first-order valence-corrected chi connectivity index (χ1v) is 11.3. The summed E-state index contributed by atoms with van der Waals surface area (Å²) in [5, 5.41) is 5.03. The monoisotopic (exact) mass is 378 g/mol. The van der Waals surface area contributed by atoms with Crippen molar-refractivity contribution in [1.29, 1.82) is 0 Å². The van der Waals surface area contributed by atoms with Crippen molar-refractivity contribution in [2.75, 3.05) is 18.8 Å². The van der Waals surface area contributed by atoms with Gasteiger partial charge in [0.2, 0.25) is 0 Å². The number of rotatable bonds is 9. The van der Waals surface area contributed by atoms with Crippen LogP contribution in [0.15, 0.2) is 40.1 Å². The SMILES string of the molecule is C=CCNC1=C(S(=O)(=O)CCCCC)C2=NC=C(C3CCCC3)CN2N1. The Kier molecular flexibility index (Phi) is 6.06. The summed E-state index contributed by atoms with van der Waals surface area (Å²) in [6, 6.07) is 0. The third-order valence-corrected chi connectivity index (χ3v) is 7.09. The Morgan fingerprint density at radius 1 is 1.38 bits per heavy atom. The normalized spacial score (nSPS) is 20.6. The minimum atomic E-state index is -3.40. The van der Waals surface area contributed by atoms with Gasteiger partial charge in [-0.1, -0.05) is 38.7 Å². The predicted molar refractivity (Wildman–Crippen MR) is 106 cm³/mol. The first-order valence-electron chi connectivity index (χ1n) is 9.70. The van der Waals surface area contributed by atoms with Crippen LogP contribution in [0.4, 0.5) is 0 Å². The molecule has 2 N–H and O–H groups in total. The van der Waals surface area contributed by atoms with Crippen molar-refractivity contribution in [1.82, 2.24) is 15.8 Å². The lowest BCUT2D eigenvalue weighted by Gasteiger charge is -2.27. The number of unbranched alkanes of at least 4 members (excludes halogenated alkanes) is 2. The van der Waals surface area contributed by atoms with Crippen molar-refractivity contribution in [3.05, 3.63) is 35.2 Å². The van der Waals surface area contributed by atoms with E-state index >= 15 is 0 Å². The molecule has 0 aromatic carbocycles. The van der Waals surface area contributed by atoms with Gasteiger partial charge in [0.25, 0.3) is 0 Å². The Hall–Kier alpha value is -1.76. The average molecular weight is 379 g/mol. The fraction of sp³-hybridized carbons (Fsp3) is 0.632. The maximum atomic E-state index is 13.0. The molecule has 3 rings (SSSR count). The van der Waals surface area contributed by atoms with E-state index in [1.807, 2.05) is 11.2 Å². The molecule has 0 bridgehead atoms. The van der Waals surface area contributed by atoms with Gasteiger partial charge >= 0.3 is 0 Å². The molecule has 0 spiro atoms. The second kappa shape index (κ2) is 8.29. The highest BCUT2D eigenvalue weighted by atomic mass is 32.2. The third-order valence-electron chi connectivity index (χ3n) is 5.26.